The number of methoxy groups -OCH3 is 2. The van der Waals surface area contributed by atoms with Crippen LogP contribution in [0.5, 0.6) is 17.2 Å². The summed E-state index contributed by atoms with van der Waals surface area (Å²) in [5.41, 5.74) is 1.04. The quantitative estimate of drug-likeness (QED) is 0.504. The topological polar surface area (TPSA) is 27.7 Å². The highest BCUT2D eigenvalue weighted by Gasteiger charge is 2.18. The van der Waals surface area contributed by atoms with Crippen molar-refractivity contribution in [2.45, 2.75) is 25.7 Å². The molecule has 3 nitrogen and oxygen atoms in total. The molecule has 2 aromatic rings. The Morgan fingerprint density at radius 2 is 1.50 bits per heavy atom. The number of ether oxygens (including phenoxy) is 3. The summed E-state index contributed by atoms with van der Waals surface area (Å²) in [6, 6.07) is 15.9. The van der Waals surface area contributed by atoms with Gasteiger partial charge in [-0.25, -0.2) is 0 Å². The van der Waals surface area contributed by atoms with Gasteiger partial charge in [-0.15, -0.1) is 0 Å². The molecule has 24 heavy (non-hydrogen) atoms. The Balaban J connectivity index is 1.97. The maximum Gasteiger partial charge on any atom is 0.122 e. The molecule has 2 rings (SSSR count). The molecule has 128 valence electrons. The van der Waals surface area contributed by atoms with E-state index in [1.807, 2.05) is 48.5 Å². The lowest BCUT2D eigenvalue weighted by molar-refractivity contribution is 0.324. The smallest absolute Gasteiger partial charge is 0.122 e. The van der Waals surface area contributed by atoms with Crippen molar-refractivity contribution in [1.82, 2.24) is 0 Å². The third-order valence-electron chi connectivity index (χ3n) is 3.93. The van der Waals surface area contributed by atoms with Gasteiger partial charge >= 0.3 is 0 Å². The van der Waals surface area contributed by atoms with Crippen molar-refractivity contribution in [1.29, 1.82) is 0 Å². The van der Waals surface area contributed by atoms with E-state index in [2.05, 4.69) is 26.0 Å². The van der Waals surface area contributed by atoms with E-state index in [1.165, 1.54) is 0 Å². The minimum atomic E-state index is -0.117. The van der Waals surface area contributed by atoms with Gasteiger partial charge < -0.3 is 14.2 Å². The third-order valence-corrected chi connectivity index (χ3v) is 3.93. The van der Waals surface area contributed by atoms with Crippen LogP contribution in [0.2, 0.25) is 0 Å². The predicted molar refractivity (Wildman–Crippen MR) is 98.3 cm³/mol. The number of rotatable bonds is 8. The highest BCUT2D eigenvalue weighted by atomic mass is 16.5. The minimum absolute atomic E-state index is 0.117. The van der Waals surface area contributed by atoms with E-state index in [1.54, 1.807) is 14.2 Å². The molecule has 3 heteroatoms. The van der Waals surface area contributed by atoms with Gasteiger partial charge in [0, 0.05) is 11.5 Å². The molecule has 0 bridgehead atoms. The maximum absolute atomic E-state index is 5.71. The van der Waals surface area contributed by atoms with Gasteiger partial charge in [0.1, 0.15) is 17.2 Å². The molecule has 0 spiro atoms. The van der Waals surface area contributed by atoms with Crippen LogP contribution < -0.4 is 14.2 Å². The zero-order chi connectivity index (χ0) is 17.4. The lowest BCUT2D eigenvalue weighted by Crippen LogP contribution is -2.14. The molecule has 0 aliphatic carbocycles. The van der Waals surface area contributed by atoms with E-state index in [4.69, 9.17) is 14.2 Å². The molecule has 0 aromatic heterocycles. The van der Waals surface area contributed by atoms with Crippen molar-refractivity contribution in [3.05, 3.63) is 66.2 Å². The van der Waals surface area contributed by atoms with Crippen molar-refractivity contribution in [3.8, 4) is 17.2 Å². The molecular formula is C21H26O3. The van der Waals surface area contributed by atoms with Gasteiger partial charge in [-0.05, 0) is 36.2 Å². The SMILES string of the molecule is COc1cc(OC)cc(C(C)(C)C=CCCOc2ccccc2)c1. The Bertz CT molecular complexity index is 638. The molecule has 0 fully saturated rings. The summed E-state index contributed by atoms with van der Waals surface area (Å²) in [7, 11) is 3.34. The van der Waals surface area contributed by atoms with Gasteiger partial charge in [0.05, 0.1) is 20.8 Å². The molecule has 2 aromatic carbocycles. The molecule has 0 aliphatic heterocycles. The fraction of sp³-hybridized carbons (Fsp3) is 0.333. The predicted octanol–water partition coefficient (Wildman–Crippen LogP) is 5.01. The Morgan fingerprint density at radius 3 is 2.08 bits per heavy atom. The van der Waals surface area contributed by atoms with Gasteiger partial charge in [-0.3, -0.25) is 0 Å². The van der Waals surface area contributed by atoms with Crippen LogP contribution in [-0.2, 0) is 5.41 Å². The summed E-state index contributed by atoms with van der Waals surface area (Å²) >= 11 is 0. The first kappa shape index (κ1) is 17.9. The van der Waals surface area contributed by atoms with Gasteiger partial charge in [-0.2, -0.15) is 0 Å². The van der Waals surface area contributed by atoms with Crippen molar-refractivity contribution in [2.75, 3.05) is 20.8 Å². The Kier molecular flexibility index (Phi) is 6.30. The van der Waals surface area contributed by atoms with Gasteiger partial charge in [0.2, 0.25) is 0 Å². The third kappa shape index (κ3) is 5.05. The van der Waals surface area contributed by atoms with Crippen molar-refractivity contribution in [3.63, 3.8) is 0 Å². The lowest BCUT2D eigenvalue weighted by atomic mass is 9.84. The van der Waals surface area contributed by atoms with Crippen LogP contribution in [0.4, 0.5) is 0 Å². The monoisotopic (exact) mass is 326 g/mol. The standard InChI is InChI=1S/C21H26O3/c1-21(2,17-14-19(22-3)16-20(15-17)23-4)12-8-9-13-24-18-10-6-5-7-11-18/h5-8,10-12,14-16H,9,13H2,1-4H3. The zero-order valence-electron chi connectivity index (χ0n) is 14.9. The van der Waals surface area contributed by atoms with E-state index in [0.29, 0.717) is 6.61 Å². The number of hydrogen-bond acceptors (Lipinski definition) is 3. The number of para-hydroxylation sites is 1. The molecule has 0 N–H and O–H groups in total. The van der Waals surface area contributed by atoms with Crippen LogP contribution in [0.3, 0.4) is 0 Å². The van der Waals surface area contributed by atoms with Gasteiger partial charge in [-0.1, -0.05) is 44.2 Å². The summed E-state index contributed by atoms with van der Waals surface area (Å²) in [4.78, 5) is 0. The highest BCUT2D eigenvalue weighted by molar-refractivity contribution is 5.43. The van der Waals surface area contributed by atoms with Crippen molar-refractivity contribution in [2.24, 2.45) is 0 Å². The largest absolute Gasteiger partial charge is 0.497 e. The second-order valence-corrected chi connectivity index (χ2v) is 6.18. The van der Waals surface area contributed by atoms with Gasteiger partial charge in [0.15, 0.2) is 0 Å². The molecule has 0 unspecified atom stereocenters. The average Bonchev–Trinajstić information content (AvgIpc) is 2.61. The van der Waals surface area contributed by atoms with Crippen LogP contribution in [0.1, 0.15) is 25.8 Å². The number of allylic oxidation sites excluding steroid dienone is 1. The summed E-state index contributed by atoms with van der Waals surface area (Å²) in [6.45, 7) is 5.02. The van der Waals surface area contributed by atoms with Crippen LogP contribution in [0.25, 0.3) is 0 Å². The van der Waals surface area contributed by atoms with Gasteiger partial charge in [0.25, 0.3) is 0 Å². The second-order valence-electron chi connectivity index (χ2n) is 6.18. The molecule has 0 radical (unpaired) electrons. The molecule has 0 heterocycles. The Morgan fingerprint density at radius 1 is 0.875 bits per heavy atom. The first-order valence-corrected chi connectivity index (χ1v) is 8.14. The zero-order valence-corrected chi connectivity index (χ0v) is 14.9. The number of hydrogen-bond donors (Lipinski definition) is 0. The molecule has 0 amide bonds. The van der Waals surface area contributed by atoms with Crippen LogP contribution in [0, 0.1) is 0 Å². The van der Waals surface area contributed by atoms with E-state index >= 15 is 0 Å². The highest BCUT2D eigenvalue weighted by Crippen LogP contribution is 2.32. The number of benzene rings is 2. The minimum Gasteiger partial charge on any atom is -0.497 e. The molecule has 0 saturated carbocycles. The van der Waals surface area contributed by atoms with Crippen LogP contribution >= 0.6 is 0 Å². The molecule has 0 saturated heterocycles. The molecule has 0 aliphatic rings. The summed E-state index contributed by atoms with van der Waals surface area (Å²) in [5.74, 6) is 2.51. The second kappa shape index (κ2) is 8.44. The first-order valence-electron chi connectivity index (χ1n) is 8.14. The average molecular weight is 326 g/mol. The Labute approximate surface area is 144 Å². The van der Waals surface area contributed by atoms with E-state index < -0.39 is 0 Å². The lowest BCUT2D eigenvalue weighted by Gasteiger charge is -2.22. The van der Waals surface area contributed by atoms with Crippen molar-refractivity contribution < 1.29 is 14.2 Å². The molecular weight excluding hydrogens is 300 g/mol. The first-order chi connectivity index (χ1) is 11.5. The maximum atomic E-state index is 5.71. The van der Waals surface area contributed by atoms with Crippen LogP contribution in [-0.4, -0.2) is 20.8 Å². The Hall–Kier alpha value is -2.42. The normalized spacial score (nSPS) is 11.5. The fourth-order valence-corrected chi connectivity index (χ4v) is 2.42. The van der Waals surface area contributed by atoms with E-state index in [0.717, 1.165) is 29.2 Å². The summed E-state index contributed by atoms with van der Waals surface area (Å²) < 4.78 is 16.4. The molecule has 0 atom stereocenters. The van der Waals surface area contributed by atoms with E-state index in [-0.39, 0.29) is 5.41 Å². The summed E-state index contributed by atoms with van der Waals surface area (Å²) in [5, 5.41) is 0. The van der Waals surface area contributed by atoms with Crippen LogP contribution in [0.15, 0.2) is 60.7 Å². The summed E-state index contributed by atoms with van der Waals surface area (Å²) in [6.07, 6.45) is 5.23. The fourth-order valence-electron chi connectivity index (χ4n) is 2.42. The van der Waals surface area contributed by atoms with Crippen molar-refractivity contribution >= 4 is 0 Å². The van der Waals surface area contributed by atoms with E-state index in [9.17, 15) is 0 Å².